The fourth-order valence-corrected chi connectivity index (χ4v) is 3.12. The summed E-state index contributed by atoms with van der Waals surface area (Å²) in [5, 5.41) is 2.68. The molecule has 0 bridgehead atoms. The number of amides is 2. The minimum Gasteiger partial charge on any atom is -0.359 e. The Morgan fingerprint density at radius 2 is 1.95 bits per heavy atom. The molecule has 1 aromatic carbocycles. The van der Waals surface area contributed by atoms with Crippen molar-refractivity contribution in [2.24, 2.45) is 5.92 Å². The predicted octanol–water partition coefficient (Wildman–Crippen LogP) is 2.20. The zero-order valence-electron chi connectivity index (χ0n) is 11.8. The summed E-state index contributed by atoms with van der Waals surface area (Å²) in [6.07, 6.45) is 1.49. The van der Waals surface area contributed by atoms with Crippen molar-refractivity contribution in [1.82, 2.24) is 10.2 Å². The van der Waals surface area contributed by atoms with Crippen molar-refractivity contribution >= 4 is 34.4 Å². The zero-order chi connectivity index (χ0) is 14.7. The second kappa shape index (κ2) is 6.56. The van der Waals surface area contributed by atoms with E-state index in [1.165, 1.54) is 0 Å². The number of rotatable bonds is 2. The lowest BCUT2D eigenvalue weighted by Gasteiger charge is -2.31. The lowest BCUT2D eigenvalue weighted by molar-refractivity contribution is -0.125. The van der Waals surface area contributed by atoms with E-state index in [4.69, 9.17) is 0 Å². The topological polar surface area (TPSA) is 49.4 Å². The SMILES string of the molecule is CNC(=O)C1CCN(C(=O)c2cccc(C)c2I)CC1. The van der Waals surface area contributed by atoms with E-state index in [0.717, 1.165) is 27.5 Å². The molecule has 1 saturated heterocycles. The Hall–Kier alpha value is -1.11. The van der Waals surface area contributed by atoms with Crippen molar-refractivity contribution < 1.29 is 9.59 Å². The summed E-state index contributed by atoms with van der Waals surface area (Å²) in [5.41, 5.74) is 1.89. The summed E-state index contributed by atoms with van der Waals surface area (Å²) < 4.78 is 1.02. The molecule has 2 amide bonds. The summed E-state index contributed by atoms with van der Waals surface area (Å²) >= 11 is 2.23. The summed E-state index contributed by atoms with van der Waals surface area (Å²) in [5.74, 6) is 0.205. The third-order valence-corrected chi connectivity index (χ3v) is 5.25. The molecule has 0 saturated carbocycles. The molecule has 0 atom stereocenters. The van der Waals surface area contributed by atoms with Crippen LogP contribution >= 0.6 is 22.6 Å². The lowest BCUT2D eigenvalue weighted by atomic mass is 9.95. The lowest BCUT2D eigenvalue weighted by Crippen LogP contribution is -2.42. The number of nitrogens with one attached hydrogen (secondary N) is 1. The average molecular weight is 386 g/mol. The minimum atomic E-state index is 0.0423. The molecule has 1 aromatic rings. The van der Waals surface area contributed by atoms with Crippen molar-refractivity contribution in [3.8, 4) is 0 Å². The Labute approximate surface area is 133 Å². The first-order chi connectivity index (χ1) is 9.54. The van der Waals surface area contributed by atoms with E-state index in [1.807, 2.05) is 30.0 Å². The molecule has 0 aromatic heterocycles. The van der Waals surface area contributed by atoms with Crippen LogP contribution in [0.25, 0.3) is 0 Å². The molecular weight excluding hydrogens is 367 g/mol. The number of halogens is 1. The maximum Gasteiger partial charge on any atom is 0.254 e. The summed E-state index contributed by atoms with van der Waals surface area (Å²) in [4.78, 5) is 26.0. The van der Waals surface area contributed by atoms with Gasteiger partial charge in [0, 0.05) is 29.6 Å². The maximum absolute atomic E-state index is 12.5. The van der Waals surface area contributed by atoms with Gasteiger partial charge in [-0.05, 0) is 54.0 Å². The molecule has 0 aliphatic carbocycles. The van der Waals surface area contributed by atoms with Crippen LogP contribution < -0.4 is 5.32 Å². The van der Waals surface area contributed by atoms with Crippen molar-refractivity contribution in [1.29, 1.82) is 0 Å². The average Bonchev–Trinajstić information content (AvgIpc) is 2.48. The van der Waals surface area contributed by atoms with Crippen LogP contribution in [0.4, 0.5) is 0 Å². The highest BCUT2D eigenvalue weighted by molar-refractivity contribution is 14.1. The van der Waals surface area contributed by atoms with Gasteiger partial charge < -0.3 is 10.2 Å². The molecular formula is C15H19IN2O2. The second-order valence-electron chi connectivity index (χ2n) is 5.12. The number of aryl methyl sites for hydroxylation is 1. The molecule has 1 N–H and O–H groups in total. The van der Waals surface area contributed by atoms with E-state index < -0.39 is 0 Å². The van der Waals surface area contributed by atoms with Crippen LogP contribution in [-0.2, 0) is 4.79 Å². The molecule has 1 fully saturated rings. The van der Waals surface area contributed by atoms with E-state index in [0.29, 0.717) is 13.1 Å². The van der Waals surface area contributed by atoms with E-state index in [-0.39, 0.29) is 17.7 Å². The van der Waals surface area contributed by atoms with Crippen LogP contribution in [0.15, 0.2) is 18.2 Å². The molecule has 2 rings (SSSR count). The van der Waals surface area contributed by atoms with Gasteiger partial charge in [0.1, 0.15) is 0 Å². The van der Waals surface area contributed by atoms with Crippen LogP contribution in [0, 0.1) is 16.4 Å². The molecule has 1 aliphatic rings. The number of nitrogens with zero attached hydrogens (tertiary/aromatic N) is 1. The zero-order valence-corrected chi connectivity index (χ0v) is 13.9. The maximum atomic E-state index is 12.5. The Bertz CT molecular complexity index is 523. The quantitative estimate of drug-likeness (QED) is 0.793. The minimum absolute atomic E-state index is 0.0423. The fraction of sp³-hybridized carbons (Fsp3) is 0.467. The molecule has 0 unspecified atom stereocenters. The third kappa shape index (κ3) is 3.13. The van der Waals surface area contributed by atoms with Crippen molar-refractivity contribution in [3.63, 3.8) is 0 Å². The van der Waals surface area contributed by atoms with Crippen LogP contribution in [0.1, 0.15) is 28.8 Å². The molecule has 1 aliphatic heterocycles. The number of carbonyl (C=O) groups excluding carboxylic acids is 2. The third-order valence-electron chi connectivity index (χ3n) is 3.82. The first kappa shape index (κ1) is 15.3. The number of carbonyl (C=O) groups is 2. The normalized spacial score (nSPS) is 16.1. The predicted molar refractivity (Wildman–Crippen MR) is 86.6 cm³/mol. The Balaban J connectivity index is 2.05. The Morgan fingerprint density at radius 3 is 2.55 bits per heavy atom. The smallest absolute Gasteiger partial charge is 0.254 e. The van der Waals surface area contributed by atoms with Crippen LogP contribution in [0.5, 0.6) is 0 Å². The van der Waals surface area contributed by atoms with Gasteiger partial charge in [-0.3, -0.25) is 9.59 Å². The largest absolute Gasteiger partial charge is 0.359 e. The molecule has 4 nitrogen and oxygen atoms in total. The van der Waals surface area contributed by atoms with Gasteiger partial charge in [0.05, 0.1) is 5.56 Å². The monoisotopic (exact) mass is 386 g/mol. The molecule has 1 heterocycles. The van der Waals surface area contributed by atoms with E-state index in [1.54, 1.807) is 7.05 Å². The van der Waals surface area contributed by atoms with Crippen LogP contribution in [0.2, 0.25) is 0 Å². The molecule has 0 radical (unpaired) electrons. The summed E-state index contributed by atoms with van der Waals surface area (Å²) in [7, 11) is 1.66. The number of likely N-dealkylation sites (tertiary alicyclic amines) is 1. The highest BCUT2D eigenvalue weighted by Gasteiger charge is 2.27. The number of benzene rings is 1. The molecule has 5 heteroatoms. The van der Waals surface area contributed by atoms with Gasteiger partial charge in [0.2, 0.25) is 5.91 Å². The second-order valence-corrected chi connectivity index (χ2v) is 6.20. The molecule has 108 valence electrons. The van der Waals surface area contributed by atoms with Crippen LogP contribution in [0.3, 0.4) is 0 Å². The van der Waals surface area contributed by atoms with Gasteiger partial charge in [-0.25, -0.2) is 0 Å². The standard InChI is InChI=1S/C15H19IN2O2/c1-10-4-3-5-12(13(10)16)15(20)18-8-6-11(7-9-18)14(19)17-2/h3-5,11H,6-9H2,1-2H3,(H,17,19). The Morgan fingerprint density at radius 1 is 1.30 bits per heavy atom. The number of hydrogen-bond donors (Lipinski definition) is 1. The number of hydrogen-bond acceptors (Lipinski definition) is 2. The van der Waals surface area contributed by atoms with E-state index >= 15 is 0 Å². The van der Waals surface area contributed by atoms with Gasteiger partial charge >= 0.3 is 0 Å². The van der Waals surface area contributed by atoms with Crippen molar-refractivity contribution in [2.75, 3.05) is 20.1 Å². The van der Waals surface area contributed by atoms with Crippen LogP contribution in [-0.4, -0.2) is 36.9 Å². The first-order valence-electron chi connectivity index (χ1n) is 6.80. The van der Waals surface area contributed by atoms with E-state index in [9.17, 15) is 9.59 Å². The van der Waals surface area contributed by atoms with Gasteiger partial charge in [-0.2, -0.15) is 0 Å². The number of piperidine rings is 1. The fourth-order valence-electron chi connectivity index (χ4n) is 2.53. The van der Waals surface area contributed by atoms with Crippen molar-refractivity contribution in [3.05, 3.63) is 32.9 Å². The van der Waals surface area contributed by atoms with Gasteiger partial charge in [-0.1, -0.05) is 12.1 Å². The van der Waals surface area contributed by atoms with Crippen molar-refractivity contribution in [2.45, 2.75) is 19.8 Å². The highest BCUT2D eigenvalue weighted by atomic mass is 127. The molecule has 0 spiro atoms. The first-order valence-corrected chi connectivity index (χ1v) is 7.88. The van der Waals surface area contributed by atoms with E-state index in [2.05, 4.69) is 27.9 Å². The summed E-state index contributed by atoms with van der Waals surface area (Å²) in [6.45, 7) is 3.32. The highest BCUT2D eigenvalue weighted by Crippen LogP contribution is 2.22. The molecule has 20 heavy (non-hydrogen) atoms. The van der Waals surface area contributed by atoms with Gasteiger partial charge in [0.15, 0.2) is 0 Å². The van der Waals surface area contributed by atoms with Gasteiger partial charge in [0.25, 0.3) is 5.91 Å². The Kier molecular flexibility index (Phi) is 5.01. The van der Waals surface area contributed by atoms with Gasteiger partial charge in [-0.15, -0.1) is 0 Å². The summed E-state index contributed by atoms with van der Waals surface area (Å²) in [6, 6.07) is 5.81.